The molecule has 0 atom stereocenters. The predicted octanol–water partition coefficient (Wildman–Crippen LogP) is 2.34. The lowest BCUT2D eigenvalue weighted by Crippen LogP contribution is -1.91. The number of hydrogen-bond donors (Lipinski definition) is 0. The zero-order valence-corrected chi connectivity index (χ0v) is 8.25. The van der Waals surface area contributed by atoms with E-state index in [9.17, 15) is 0 Å². The van der Waals surface area contributed by atoms with Crippen molar-refractivity contribution in [1.29, 1.82) is 5.26 Å². The molecule has 0 aliphatic heterocycles. The Morgan fingerprint density at radius 2 is 2.29 bits per heavy atom. The highest BCUT2D eigenvalue weighted by molar-refractivity contribution is 7.18. The lowest BCUT2D eigenvalue weighted by molar-refractivity contribution is 0.152. The van der Waals surface area contributed by atoms with Gasteiger partial charge in [0.25, 0.3) is 0 Å². The van der Waals surface area contributed by atoms with Crippen LogP contribution in [0.3, 0.4) is 0 Å². The third-order valence-corrected chi connectivity index (χ3v) is 2.74. The molecule has 0 fully saturated rings. The predicted molar refractivity (Wildman–Crippen MR) is 54.9 cm³/mol. The van der Waals surface area contributed by atoms with Crippen LogP contribution in [0.4, 0.5) is 0 Å². The molecule has 0 aliphatic carbocycles. The summed E-state index contributed by atoms with van der Waals surface area (Å²) in [6.07, 6.45) is 0. The van der Waals surface area contributed by atoms with Crippen molar-refractivity contribution in [3.8, 4) is 6.07 Å². The van der Waals surface area contributed by atoms with Crippen molar-refractivity contribution in [1.82, 2.24) is 4.98 Å². The first-order chi connectivity index (χ1) is 6.90. The molecule has 70 valence electrons. The van der Waals surface area contributed by atoms with E-state index in [0.29, 0.717) is 6.61 Å². The van der Waals surface area contributed by atoms with E-state index in [4.69, 9.17) is 10.00 Å². The van der Waals surface area contributed by atoms with Crippen molar-refractivity contribution in [2.45, 2.75) is 6.61 Å². The van der Waals surface area contributed by atoms with E-state index in [-0.39, 0.29) is 6.61 Å². The lowest BCUT2D eigenvalue weighted by Gasteiger charge is -1.92. The van der Waals surface area contributed by atoms with Crippen LogP contribution in [-0.4, -0.2) is 11.6 Å². The van der Waals surface area contributed by atoms with Gasteiger partial charge < -0.3 is 4.74 Å². The number of ether oxygens (including phenoxy) is 1. The first-order valence-corrected chi connectivity index (χ1v) is 5.01. The van der Waals surface area contributed by atoms with Gasteiger partial charge in [0.1, 0.15) is 11.6 Å². The number of nitriles is 1. The van der Waals surface area contributed by atoms with Crippen LogP contribution < -0.4 is 0 Å². The standard InChI is InChI=1S/C10H8N2OS/c11-5-6-13-7-10-12-8-3-1-2-4-9(8)14-10/h1-4H,6-7H2. The van der Waals surface area contributed by atoms with Gasteiger partial charge in [-0.15, -0.1) is 11.3 Å². The summed E-state index contributed by atoms with van der Waals surface area (Å²) in [5.41, 5.74) is 0.994. The molecule has 0 amide bonds. The van der Waals surface area contributed by atoms with Gasteiger partial charge in [-0.3, -0.25) is 0 Å². The molecule has 0 N–H and O–H groups in total. The summed E-state index contributed by atoms with van der Waals surface area (Å²) in [4.78, 5) is 4.37. The molecule has 2 rings (SSSR count). The van der Waals surface area contributed by atoms with Gasteiger partial charge in [0.15, 0.2) is 0 Å². The molecule has 3 nitrogen and oxygen atoms in total. The Kier molecular flexibility index (Phi) is 2.73. The fraction of sp³-hybridized carbons (Fsp3) is 0.200. The third-order valence-electron chi connectivity index (χ3n) is 1.73. The number of benzene rings is 1. The van der Waals surface area contributed by atoms with E-state index in [1.54, 1.807) is 11.3 Å². The number of rotatable bonds is 3. The highest BCUT2D eigenvalue weighted by atomic mass is 32.1. The molecule has 0 aliphatic rings. The van der Waals surface area contributed by atoms with Crippen LogP contribution in [0.1, 0.15) is 5.01 Å². The molecule has 0 unspecified atom stereocenters. The van der Waals surface area contributed by atoms with Crippen molar-refractivity contribution in [3.05, 3.63) is 29.3 Å². The van der Waals surface area contributed by atoms with Gasteiger partial charge in [-0.25, -0.2) is 4.98 Å². The second-order valence-corrected chi connectivity index (χ2v) is 3.84. The number of para-hydroxylation sites is 1. The SMILES string of the molecule is N#CCOCc1nc2ccccc2s1. The molecule has 0 saturated carbocycles. The van der Waals surface area contributed by atoms with Gasteiger partial charge in [0, 0.05) is 0 Å². The number of aromatic nitrogens is 1. The Labute approximate surface area is 85.6 Å². The van der Waals surface area contributed by atoms with Crippen LogP contribution in [0.15, 0.2) is 24.3 Å². The fourth-order valence-corrected chi connectivity index (χ4v) is 2.07. The van der Waals surface area contributed by atoms with E-state index in [2.05, 4.69) is 4.98 Å². The minimum absolute atomic E-state index is 0.121. The first kappa shape index (κ1) is 9.13. The Hall–Kier alpha value is -1.44. The summed E-state index contributed by atoms with van der Waals surface area (Å²) in [6, 6.07) is 9.87. The monoisotopic (exact) mass is 204 g/mol. The number of thiazole rings is 1. The molecular weight excluding hydrogens is 196 g/mol. The van der Waals surface area contributed by atoms with Crippen molar-refractivity contribution < 1.29 is 4.74 Å². The van der Waals surface area contributed by atoms with Crippen LogP contribution in [0.25, 0.3) is 10.2 Å². The molecule has 0 saturated heterocycles. The summed E-state index contributed by atoms with van der Waals surface area (Å²) in [5.74, 6) is 0. The van der Waals surface area contributed by atoms with Crippen molar-refractivity contribution in [3.63, 3.8) is 0 Å². The van der Waals surface area contributed by atoms with Crippen molar-refractivity contribution >= 4 is 21.6 Å². The largest absolute Gasteiger partial charge is 0.359 e. The first-order valence-electron chi connectivity index (χ1n) is 4.19. The number of nitrogens with zero attached hydrogens (tertiary/aromatic N) is 2. The Balaban J connectivity index is 2.15. The van der Waals surface area contributed by atoms with Gasteiger partial charge in [-0.05, 0) is 12.1 Å². The van der Waals surface area contributed by atoms with E-state index in [1.807, 2.05) is 30.3 Å². The maximum atomic E-state index is 8.29. The van der Waals surface area contributed by atoms with E-state index >= 15 is 0 Å². The topological polar surface area (TPSA) is 45.9 Å². The average molecular weight is 204 g/mol. The second-order valence-electron chi connectivity index (χ2n) is 2.73. The van der Waals surface area contributed by atoms with Crippen LogP contribution >= 0.6 is 11.3 Å². The zero-order valence-electron chi connectivity index (χ0n) is 7.43. The average Bonchev–Trinajstić information content (AvgIpc) is 2.60. The number of fused-ring (bicyclic) bond motifs is 1. The van der Waals surface area contributed by atoms with Gasteiger partial charge in [-0.1, -0.05) is 12.1 Å². The molecule has 1 aromatic heterocycles. The van der Waals surface area contributed by atoms with Crippen LogP contribution in [0, 0.1) is 11.3 Å². The number of hydrogen-bond acceptors (Lipinski definition) is 4. The highest BCUT2D eigenvalue weighted by Gasteiger charge is 2.01. The summed E-state index contributed by atoms with van der Waals surface area (Å²) in [6.45, 7) is 0.544. The van der Waals surface area contributed by atoms with Gasteiger partial charge in [-0.2, -0.15) is 5.26 Å². The van der Waals surface area contributed by atoms with Gasteiger partial charge >= 0.3 is 0 Å². The molecular formula is C10H8N2OS. The normalized spacial score (nSPS) is 10.2. The van der Waals surface area contributed by atoms with Gasteiger partial charge in [0.05, 0.1) is 22.9 Å². The Bertz CT molecular complexity index is 439. The maximum absolute atomic E-state index is 8.29. The summed E-state index contributed by atoms with van der Waals surface area (Å²) in [5, 5.41) is 9.21. The molecule has 0 radical (unpaired) electrons. The van der Waals surface area contributed by atoms with Crippen LogP contribution in [0.5, 0.6) is 0 Å². The van der Waals surface area contributed by atoms with Crippen molar-refractivity contribution in [2.75, 3.05) is 6.61 Å². The Morgan fingerprint density at radius 3 is 3.07 bits per heavy atom. The zero-order chi connectivity index (χ0) is 9.80. The minimum Gasteiger partial charge on any atom is -0.359 e. The fourth-order valence-electron chi connectivity index (χ4n) is 1.17. The molecule has 14 heavy (non-hydrogen) atoms. The van der Waals surface area contributed by atoms with E-state index in [1.165, 1.54) is 0 Å². The third kappa shape index (κ3) is 1.90. The molecule has 1 aromatic carbocycles. The van der Waals surface area contributed by atoms with Crippen LogP contribution in [-0.2, 0) is 11.3 Å². The molecule has 0 bridgehead atoms. The van der Waals surface area contributed by atoms with Gasteiger partial charge in [0.2, 0.25) is 0 Å². The Morgan fingerprint density at radius 1 is 1.43 bits per heavy atom. The smallest absolute Gasteiger partial charge is 0.134 e. The van der Waals surface area contributed by atoms with E-state index in [0.717, 1.165) is 15.2 Å². The lowest BCUT2D eigenvalue weighted by atomic mass is 10.3. The summed E-state index contributed by atoms with van der Waals surface area (Å²) >= 11 is 1.60. The second kappa shape index (κ2) is 4.18. The molecule has 2 aromatic rings. The molecule has 1 heterocycles. The highest BCUT2D eigenvalue weighted by Crippen LogP contribution is 2.21. The van der Waals surface area contributed by atoms with Crippen molar-refractivity contribution in [2.24, 2.45) is 0 Å². The maximum Gasteiger partial charge on any atom is 0.134 e. The molecule has 0 spiro atoms. The van der Waals surface area contributed by atoms with E-state index < -0.39 is 0 Å². The quantitative estimate of drug-likeness (QED) is 0.721. The summed E-state index contributed by atoms with van der Waals surface area (Å²) < 4.78 is 6.24. The van der Waals surface area contributed by atoms with Crippen LogP contribution in [0.2, 0.25) is 0 Å². The summed E-state index contributed by atoms with van der Waals surface area (Å²) in [7, 11) is 0. The minimum atomic E-state index is 0.121. The molecule has 4 heteroatoms.